The maximum absolute atomic E-state index is 9.98. The van der Waals surface area contributed by atoms with Crippen molar-refractivity contribution in [1.82, 2.24) is 0 Å². The average Bonchev–Trinajstić information content (AvgIpc) is 1.78. The van der Waals surface area contributed by atoms with Gasteiger partial charge in [-0.15, -0.1) is 0 Å². The lowest BCUT2D eigenvalue weighted by Crippen LogP contribution is -2.03. The molecule has 0 radical (unpaired) electrons. The molecule has 0 heterocycles. The highest BCUT2D eigenvalue weighted by Crippen LogP contribution is 2.37. The average molecular weight is 375 g/mol. The van der Waals surface area contributed by atoms with Gasteiger partial charge in [0.25, 0.3) is 0 Å². The SMILES string of the molecule is O=S(O)OCCCC(Br)(Br)Br. The Hall–Kier alpha value is 1.51. The molecule has 0 bridgehead atoms. The van der Waals surface area contributed by atoms with E-state index in [9.17, 15) is 4.21 Å². The second-order valence-electron chi connectivity index (χ2n) is 1.76. The van der Waals surface area contributed by atoms with Crippen LogP contribution in [0.25, 0.3) is 0 Å². The van der Waals surface area contributed by atoms with Crippen molar-refractivity contribution in [2.75, 3.05) is 6.61 Å². The molecule has 3 nitrogen and oxygen atoms in total. The molecule has 0 spiro atoms. The third-order valence-electron chi connectivity index (χ3n) is 0.789. The molecular weight excluding hydrogens is 368 g/mol. The van der Waals surface area contributed by atoms with Crippen molar-refractivity contribution in [2.24, 2.45) is 0 Å². The van der Waals surface area contributed by atoms with Gasteiger partial charge in [-0.1, -0.05) is 47.8 Å². The van der Waals surface area contributed by atoms with E-state index in [0.29, 0.717) is 6.42 Å². The summed E-state index contributed by atoms with van der Waals surface area (Å²) < 4.78 is 22.3. The van der Waals surface area contributed by atoms with Gasteiger partial charge in [0.1, 0.15) is 2.14 Å². The van der Waals surface area contributed by atoms with E-state index >= 15 is 0 Å². The second kappa shape index (κ2) is 6.04. The second-order valence-corrected chi connectivity index (χ2v) is 9.68. The molecule has 0 aromatic rings. The Morgan fingerprint density at radius 2 is 2.00 bits per heavy atom. The van der Waals surface area contributed by atoms with Crippen LogP contribution in [0.15, 0.2) is 0 Å². The van der Waals surface area contributed by atoms with E-state index in [2.05, 4.69) is 52.0 Å². The van der Waals surface area contributed by atoms with Gasteiger partial charge in [0, 0.05) is 0 Å². The minimum Gasteiger partial charge on any atom is -0.284 e. The van der Waals surface area contributed by atoms with Gasteiger partial charge in [-0.05, 0) is 12.8 Å². The van der Waals surface area contributed by atoms with Crippen LogP contribution in [0.1, 0.15) is 12.8 Å². The Morgan fingerprint density at radius 1 is 1.45 bits per heavy atom. The van der Waals surface area contributed by atoms with Crippen LogP contribution in [-0.2, 0) is 15.5 Å². The summed E-state index contributed by atoms with van der Waals surface area (Å²) in [6, 6.07) is 0. The lowest BCUT2D eigenvalue weighted by molar-refractivity contribution is 0.300. The highest BCUT2D eigenvalue weighted by Gasteiger charge is 2.16. The summed E-state index contributed by atoms with van der Waals surface area (Å²) in [4.78, 5) is 0. The highest BCUT2D eigenvalue weighted by molar-refractivity contribution is 9.39. The van der Waals surface area contributed by atoms with E-state index in [1.165, 1.54) is 0 Å². The Balaban J connectivity index is 3.22. The van der Waals surface area contributed by atoms with E-state index in [1.807, 2.05) is 0 Å². The zero-order valence-corrected chi connectivity index (χ0v) is 11.0. The van der Waals surface area contributed by atoms with E-state index in [4.69, 9.17) is 4.55 Å². The third-order valence-corrected chi connectivity index (χ3v) is 2.35. The maximum atomic E-state index is 9.98. The van der Waals surface area contributed by atoms with Crippen molar-refractivity contribution in [3.63, 3.8) is 0 Å². The van der Waals surface area contributed by atoms with Gasteiger partial charge < -0.3 is 0 Å². The van der Waals surface area contributed by atoms with Crippen LogP contribution >= 0.6 is 47.8 Å². The van der Waals surface area contributed by atoms with Crippen molar-refractivity contribution in [3.05, 3.63) is 0 Å². The molecule has 1 unspecified atom stereocenters. The van der Waals surface area contributed by atoms with Crippen LogP contribution in [-0.4, -0.2) is 17.5 Å². The Morgan fingerprint density at radius 3 is 2.36 bits per heavy atom. The van der Waals surface area contributed by atoms with E-state index in [-0.39, 0.29) is 8.75 Å². The Labute approximate surface area is 93.1 Å². The minimum atomic E-state index is -2.14. The maximum Gasteiger partial charge on any atom is 0.301 e. The van der Waals surface area contributed by atoms with E-state index in [1.54, 1.807) is 0 Å². The molecule has 0 rings (SSSR count). The largest absolute Gasteiger partial charge is 0.301 e. The summed E-state index contributed by atoms with van der Waals surface area (Å²) in [5, 5.41) is 0. The number of halogens is 3. The first-order chi connectivity index (χ1) is 4.92. The smallest absolute Gasteiger partial charge is 0.284 e. The summed E-state index contributed by atoms with van der Waals surface area (Å²) in [5.41, 5.74) is 0. The summed E-state index contributed by atoms with van der Waals surface area (Å²) in [5.74, 6) is 0. The van der Waals surface area contributed by atoms with Crippen LogP contribution in [0.5, 0.6) is 0 Å². The quantitative estimate of drug-likeness (QED) is 0.467. The van der Waals surface area contributed by atoms with E-state index in [0.717, 1.165) is 6.42 Å². The minimum absolute atomic E-state index is 0.271. The topological polar surface area (TPSA) is 46.5 Å². The van der Waals surface area contributed by atoms with Gasteiger partial charge in [-0.3, -0.25) is 8.74 Å². The molecule has 0 fully saturated rings. The fraction of sp³-hybridized carbons (Fsp3) is 1.00. The first-order valence-corrected chi connectivity index (χ1v) is 6.14. The van der Waals surface area contributed by atoms with Gasteiger partial charge in [-0.2, -0.15) is 4.21 Å². The highest BCUT2D eigenvalue weighted by atomic mass is 80.0. The predicted molar refractivity (Wildman–Crippen MR) is 55.5 cm³/mol. The number of hydrogen-bond acceptors (Lipinski definition) is 2. The zero-order valence-electron chi connectivity index (χ0n) is 5.43. The van der Waals surface area contributed by atoms with Crippen LogP contribution in [0.4, 0.5) is 0 Å². The third kappa shape index (κ3) is 11.5. The molecule has 0 saturated carbocycles. The van der Waals surface area contributed by atoms with Crippen LogP contribution in [0.3, 0.4) is 0 Å². The van der Waals surface area contributed by atoms with E-state index < -0.39 is 11.4 Å². The molecule has 0 aromatic carbocycles. The predicted octanol–water partition coefficient (Wildman–Crippen LogP) is 2.76. The fourth-order valence-electron chi connectivity index (χ4n) is 0.403. The lowest BCUT2D eigenvalue weighted by Gasteiger charge is -2.09. The van der Waals surface area contributed by atoms with Gasteiger partial charge in [-0.25, -0.2) is 0 Å². The van der Waals surface area contributed by atoms with Gasteiger partial charge in [0.05, 0.1) is 6.61 Å². The number of rotatable bonds is 4. The standard InChI is InChI=1S/C4H7Br3O3S/c5-4(6,7)2-1-3-10-11(8)9/h1-3H2,(H,8,9). The van der Waals surface area contributed by atoms with Crippen molar-refractivity contribution in [1.29, 1.82) is 0 Å². The Kier molecular flexibility index (Phi) is 6.87. The lowest BCUT2D eigenvalue weighted by atomic mass is 10.4. The van der Waals surface area contributed by atoms with Crippen molar-refractivity contribution in [2.45, 2.75) is 15.0 Å². The molecule has 1 atom stereocenters. The molecule has 11 heavy (non-hydrogen) atoms. The molecule has 0 saturated heterocycles. The molecule has 0 amide bonds. The molecule has 7 heteroatoms. The first-order valence-electron chi connectivity index (χ1n) is 2.73. The molecule has 0 aliphatic heterocycles. The molecule has 0 aliphatic carbocycles. The van der Waals surface area contributed by atoms with Gasteiger partial charge in [0.15, 0.2) is 0 Å². The van der Waals surface area contributed by atoms with Gasteiger partial charge >= 0.3 is 11.4 Å². The summed E-state index contributed by atoms with van der Waals surface area (Å²) in [6.07, 6.45) is 1.44. The first kappa shape index (κ1) is 12.5. The normalized spacial score (nSPS) is 14.9. The molecule has 0 aliphatic rings. The molecule has 68 valence electrons. The van der Waals surface area contributed by atoms with Crippen molar-refractivity contribution < 1.29 is 12.9 Å². The van der Waals surface area contributed by atoms with Gasteiger partial charge in [0.2, 0.25) is 0 Å². The summed E-state index contributed by atoms with van der Waals surface area (Å²) in [6.45, 7) is 0.271. The van der Waals surface area contributed by atoms with Crippen molar-refractivity contribution in [3.8, 4) is 0 Å². The van der Waals surface area contributed by atoms with Crippen LogP contribution < -0.4 is 0 Å². The summed E-state index contributed by atoms with van der Waals surface area (Å²) in [7, 11) is 0. The molecular formula is C4H7Br3O3S. The monoisotopic (exact) mass is 372 g/mol. The fourth-order valence-corrected chi connectivity index (χ4v) is 1.50. The summed E-state index contributed by atoms with van der Waals surface area (Å²) >= 11 is 7.72. The van der Waals surface area contributed by atoms with Crippen LogP contribution in [0, 0.1) is 0 Å². The molecule has 1 N–H and O–H groups in total. The number of hydrogen-bond donors (Lipinski definition) is 1. The number of alkyl halides is 3. The van der Waals surface area contributed by atoms with Crippen LogP contribution in [0.2, 0.25) is 0 Å². The Bertz CT molecular complexity index is 135. The zero-order chi connectivity index (χ0) is 8.91. The van der Waals surface area contributed by atoms with Crippen molar-refractivity contribution >= 4 is 59.2 Å². The molecule has 0 aromatic heterocycles.